The largest absolute Gasteiger partial charge is 0.465 e. The predicted octanol–water partition coefficient (Wildman–Crippen LogP) is 4.73. The minimum Gasteiger partial charge on any atom is -0.465 e. The lowest BCUT2D eigenvalue weighted by molar-refractivity contribution is -0.153. The Morgan fingerprint density at radius 2 is 1.85 bits per heavy atom. The van der Waals surface area contributed by atoms with E-state index in [2.05, 4.69) is 6.08 Å². The lowest BCUT2D eigenvalue weighted by Gasteiger charge is -2.39. The van der Waals surface area contributed by atoms with E-state index in [1.807, 2.05) is 74.5 Å². The number of cyclic esters (lactones) is 1. The highest BCUT2D eigenvalue weighted by Gasteiger charge is 2.71. The third-order valence-corrected chi connectivity index (χ3v) is 10.7. The van der Waals surface area contributed by atoms with E-state index in [9.17, 15) is 19.5 Å². The summed E-state index contributed by atoms with van der Waals surface area (Å²) in [5, 5.41) is 12.4. The lowest BCUT2D eigenvalue weighted by Crippen LogP contribution is -2.57. The van der Waals surface area contributed by atoms with Crippen LogP contribution in [0.25, 0.3) is 10.8 Å². The van der Waals surface area contributed by atoms with Gasteiger partial charge in [0.1, 0.15) is 6.04 Å². The summed E-state index contributed by atoms with van der Waals surface area (Å²) in [5.41, 5.74) is 0.761. The van der Waals surface area contributed by atoms with Crippen LogP contribution in [0.2, 0.25) is 0 Å². The number of ether oxygens (including phenoxy) is 1. The summed E-state index contributed by atoms with van der Waals surface area (Å²) >= 11 is 1.54. The first-order chi connectivity index (χ1) is 19.9. The highest BCUT2D eigenvalue weighted by molar-refractivity contribution is 8.02. The number of likely N-dealkylation sites (tertiary alicyclic amines) is 1. The molecular weight excluding hydrogens is 536 g/mol. The van der Waals surface area contributed by atoms with Gasteiger partial charge in [0.2, 0.25) is 5.91 Å². The molecule has 4 heterocycles. The average Bonchev–Trinajstić information content (AvgIpc) is 3.36. The number of benzene rings is 2. The SMILES string of the molecule is CC(C)C[C@H](CO)N1C(=O)[C@@H]2[C@H]3C(=O)OCCCC/C=C\[C@H]3S[C@@]23C=CCN(c2ccc4ccccc4c2)C(=O)C13. The predicted molar refractivity (Wildman–Crippen MR) is 161 cm³/mol. The molecule has 2 fully saturated rings. The maximum Gasteiger partial charge on any atom is 0.311 e. The third kappa shape index (κ3) is 4.79. The van der Waals surface area contributed by atoms with Crippen LogP contribution in [-0.4, -0.2) is 69.6 Å². The molecule has 1 spiro atoms. The summed E-state index contributed by atoms with van der Waals surface area (Å²) < 4.78 is 4.77. The molecule has 2 aromatic rings. The summed E-state index contributed by atoms with van der Waals surface area (Å²) in [6.45, 7) is 4.53. The van der Waals surface area contributed by atoms with Crippen molar-refractivity contribution < 1.29 is 24.2 Å². The fourth-order valence-corrected chi connectivity index (χ4v) is 9.13. The van der Waals surface area contributed by atoms with Gasteiger partial charge in [-0.2, -0.15) is 0 Å². The molecule has 6 atom stereocenters. The Kier molecular flexibility index (Phi) is 7.72. The van der Waals surface area contributed by atoms with Crippen LogP contribution in [0.15, 0.2) is 66.8 Å². The summed E-state index contributed by atoms with van der Waals surface area (Å²) in [6, 6.07) is 12.6. The van der Waals surface area contributed by atoms with Crippen molar-refractivity contribution in [2.24, 2.45) is 17.8 Å². The minimum absolute atomic E-state index is 0.183. The Labute approximate surface area is 245 Å². The number of thioether (sulfide) groups is 1. The third-order valence-electron chi connectivity index (χ3n) is 8.93. The number of hydrogen-bond acceptors (Lipinski definition) is 6. The topological polar surface area (TPSA) is 87.2 Å². The van der Waals surface area contributed by atoms with Gasteiger partial charge in [0.15, 0.2) is 0 Å². The fourth-order valence-electron chi connectivity index (χ4n) is 7.15. The van der Waals surface area contributed by atoms with E-state index in [1.54, 1.807) is 21.6 Å². The number of carbonyl (C=O) groups excluding carboxylic acids is 3. The normalized spacial score (nSPS) is 31.5. The number of amides is 2. The monoisotopic (exact) mass is 574 g/mol. The van der Waals surface area contributed by atoms with Crippen LogP contribution >= 0.6 is 11.8 Å². The van der Waals surface area contributed by atoms with Crippen LogP contribution in [0.4, 0.5) is 5.69 Å². The highest BCUT2D eigenvalue weighted by atomic mass is 32.2. The van der Waals surface area contributed by atoms with Crippen molar-refractivity contribution in [3.8, 4) is 0 Å². The van der Waals surface area contributed by atoms with Crippen molar-refractivity contribution in [3.05, 3.63) is 66.8 Å². The van der Waals surface area contributed by atoms with Crippen molar-refractivity contribution >= 4 is 46.0 Å². The van der Waals surface area contributed by atoms with Crippen LogP contribution < -0.4 is 4.90 Å². The second kappa shape index (κ2) is 11.3. The first-order valence-corrected chi connectivity index (χ1v) is 15.7. The molecule has 0 bridgehead atoms. The second-order valence-corrected chi connectivity index (χ2v) is 13.5. The Balaban J connectivity index is 1.47. The zero-order chi connectivity index (χ0) is 28.7. The molecule has 8 heteroatoms. The molecule has 4 aliphatic heterocycles. The van der Waals surface area contributed by atoms with Gasteiger partial charge < -0.3 is 19.6 Å². The van der Waals surface area contributed by atoms with Crippen LogP contribution in [0.1, 0.15) is 39.5 Å². The molecule has 0 saturated carbocycles. The Morgan fingerprint density at radius 1 is 1.05 bits per heavy atom. The van der Waals surface area contributed by atoms with Gasteiger partial charge >= 0.3 is 5.97 Å². The highest BCUT2D eigenvalue weighted by Crippen LogP contribution is 2.61. The van der Waals surface area contributed by atoms with Crippen molar-refractivity contribution in [1.82, 2.24) is 4.90 Å². The molecule has 0 aliphatic carbocycles. The van der Waals surface area contributed by atoms with Crippen molar-refractivity contribution in [2.75, 3.05) is 24.7 Å². The van der Waals surface area contributed by atoms with Crippen molar-refractivity contribution in [1.29, 1.82) is 0 Å². The molecule has 6 rings (SSSR count). The van der Waals surface area contributed by atoms with Gasteiger partial charge in [-0.3, -0.25) is 14.4 Å². The Bertz CT molecular complexity index is 1410. The fraction of sp³-hybridized carbons (Fsp3) is 0.485. The van der Waals surface area contributed by atoms with Gasteiger partial charge in [-0.25, -0.2) is 0 Å². The minimum atomic E-state index is -0.948. The number of allylic oxidation sites excluding steroid dienone is 1. The smallest absolute Gasteiger partial charge is 0.311 e. The van der Waals surface area contributed by atoms with Crippen LogP contribution in [0.3, 0.4) is 0 Å². The molecule has 1 unspecified atom stereocenters. The number of fused-ring (bicyclic) bond motifs is 3. The molecule has 216 valence electrons. The van der Waals surface area contributed by atoms with Gasteiger partial charge in [-0.1, -0.05) is 68.5 Å². The van der Waals surface area contributed by atoms with Crippen molar-refractivity contribution in [2.45, 2.75) is 61.6 Å². The van der Waals surface area contributed by atoms with Gasteiger partial charge in [0.25, 0.3) is 5.91 Å². The lowest BCUT2D eigenvalue weighted by atomic mass is 9.78. The van der Waals surface area contributed by atoms with Crippen molar-refractivity contribution in [3.63, 3.8) is 0 Å². The number of carbonyl (C=O) groups is 3. The van der Waals surface area contributed by atoms with E-state index >= 15 is 0 Å². The molecular formula is C33H38N2O5S. The number of aliphatic hydroxyl groups is 1. The Hall–Kier alpha value is -3.10. The molecule has 7 nitrogen and oxygen atoms in total. The number of esters is 1. The molecule has 1 N–H and O–H groups in total. The quantitative estimate of drug-likeness (QED) is 0.411. The van der Waals surface area contributed by atoms with E-state index in [0.717, 1.165) is 35.7 Å². The van der Waals surface area contributed by atoms with E-state index in [4.69, 9.17) is 4.74 Å². The maximum absolute atomic E-state index is 14.8. The first kappa shape index (κ1) is 28.0. The molecule has 0 radical (unpaired) electrons. The molecule has 41 heavy (non-hydrogen) atoms. The molecule has 2 aromatic carbocycles. The van der Waals surface area contributed by atoms with E-state index in [0.29, 0.717) is 19.6 Å². The Morgan fingerprint density at radius 3 is 2.63 bits per heavy atom. The first-order valence-electron chi connectivity index (χ1n) is 14.8. The summed E-state index contributed by atoms with van der Waals surface area (Å²) in [4.78, 5) is 46.2. The van der Waals surface area contributed by atoms with Gasteiger partial charge in [0.05, 0.1) is 35.8 Å². The standard InChI is InChI=1S/C33H38N2O5S/c1-21(2)18-25(20-36)35-29-31(38)34(24-14-13-22-10-6-7-11-23(22)19-24)16-9-15-33(29)28(30(35)37)27-26(41-33)12-5-3-4-8-17-40-32(27)39/h5-7,9-15,19,21,25-29,36H,3-4,8,16-18,20H2,1-2H3/b12-5-/t25-,26-,27+,28+,29?,33+/m1/s1. The number of hydrogen-bond donors (Lipinski definition) is 1. The number of anilines is 1. The van der Waals surface area contributed by atoms with E-state index in [-0.39, 0.29) is 35.6 Å². The molecule has 0 aromatic heterocycles. The second-order valence-electron chi connectivity index (χ2n) is 12.0. The van der Waals surface area contributed by atoms with Gasteiger partial charge in [-0.05, 0) is 54.5 Å². The molecule has 2 saturated heterocycles. The van der Waals surface area contributed by atoms with Gasteiger partial charge in [0, 0.05) is 17.5 Å². The number of rotatable bonds is 5. The average molecular weight is 575 g/mol. The molecule has 2 amide bonds. The zero-order valence-corrected chi connectivity index (χ0v) is 24.5. The summed E-state index contributed by atoms with van der Waals surface area (Å²) in [5.74, 6) is -2.04. The van der Waals surface area contributed by atoms with Crippen LogP contribution in [-0.2, 0) is 19.1 Å². The van der Waals surface area contributed by atoms with Crippen LogP contribution in [0.5, 0.6) is 0 Å². The van der Waals surface area contributed by atoms with Gasteiger partial charge in [-0.15, -0.1) is 11.8 Å². The zero-order valence-electron chi connectivity index (χ0n) is 23.6. The summed E-state index contributed by atoms with van der Waals surface area (Å²) in [6.07, 6.45) is 11.3. The van der Waals surface area contributed by atoms with E-state index < -0.39 is 28.7 Å². The molecule has 4 aliphatic rings. The number of nitrogens with zero attached hydrogens (tertiary/aromatic N) is 2. The summed E-state index contributed by atoms with van der Waals surface area (Å²) in [7, 11) is 0. The number of aliphatic hydroxyl groups excluding tert-OH is 1. The maximum atomic E-state index is 14.8. The van der Waals surface area contributed by atoms with Crippen LogP contribution in [0, 0.1) is 17.8 Å². The van der Waals surface area contributed by atoms with E-state index in [1.165, 1.54) is 0 Å².